The second kappa shape index (κ2) is 10.5. The summed E-state index contributed by atoms with van der Waals surface area (Å²) in [7, 11) is 1.40. The van der Waals surface area contributed by atoms with E-state index in [1.807, 2.05) is 54.6 Å². The van der Waals surface area contributed by atoms with E-state index in [2.05, 4.69) is 0 Å². The van der Waals surface area contributed by atoms with Crippen molar-refractivity contribution in [2.24, 2.45) is 0 Å². The van der Waals surface area contributed by atoms with Crippen LogP contribution in [0, 0.1) is 0 Å². The summed E-state index contributed by atoms with van der Waals surface area (Å²) in [5.41, 5.74) is 2.06. The van der Waals surface area contributed by atoms with Crippen LogP contribution >= 0.6 is 0 Å². The van der Waals surface area contributed by atoms with Crippen molar-refractivity contribution in [2.75, 3.05) is 20.3 Å². The van der Waals surface area contributed by atoms with E-state index >= 15 is 0 Å². The molecule has 5 heteroatoms. The second-order valence-electron chi connectivity index (χ2n) is 5.65. The van der Waals surface area contributed by atoms with E-state index in [1.54, 1.807) is 0 Å². The first kappa shape index (κ1) is 19.0. The molecule has 0 saturated carbocycles. The number of ether oxygens (including phenoxy) is 3. The van der Waals surface area contributed by atoms with Crippen LogP contribution in [0.2, 0.25) is 0 Å². The highest BCUT2D eigenvalue weighted by Crippen LogP contribution is 2.14. The van der Waals surface area contributed by atoms with Crippen LogP contribution in [0.3, 0.4) is 0 Å². The molecule has 25 heavy (non-hydrogen) atoms. The SMILES string of the molecule is CO[C@@H](Cc1ccc(OCCCOCc2ccccc2)cc1)C(=O)O. The minimum atomic E-state index is -0.960. The standard InChI is InChI=1S/C20H24O5/c1-23-19(20(21)22)14-16-8-10-18(11-9-16)25-13-5-12-24-15-17-6-3-2-4-7-17/h2-4,6-11,19H,5,12-15H2,1H3,(H,21,22)/t19-/m0/s1. The summed E-state index contributed by atoms with van der Waals surface area (Å²) < 4.78 is 16.2. The molecule has 0 aliphatic carbocycles. The first-order valence-corrected chi connectivity index (χ1v) is 8.28. The van der Waals surface area contributed by atoms with Gasteiger partial charge in [-0.1, -0.05) is 42.5 Å². The Morgan fingerprint density at radius 2 is 1.72 bits per heavy atom. The molecule has 0 aromatic heterocycles. The molecule has 5 nitrogen and oxygen atoms in total. The van der Waals surface area contributed by atoms with Crippen molar-refractivity contribution < 1.29 is 24.1 Å². The van der Waals surface area contributed by atoms with E-state index in [0.717, 1.165) is 23.3 Å². The molecule has 0 spiro atoms. The molecule has 1 atom stereocenters. The molecule has 0 radical (unpaired) electrons. The number of hydrogen-bond acceptors (Lipinski definition) is 4. The van der Waals surface area contributed by atoms with Gasteiger partial charge in [-0.3, -0.25) is 0 Å². The smallest absolute Gasteiger partial charge is 0.333 e. The van der Waals surface area contributed by atoms with Gasteiger partial charge >= 0.3 is 5.97 Å². The highest BCUT2D eigenvalue weighted by Gasteiger charge is 2.16. The van der Waals surface area contributed by atoms with Gasteiger partial charge in [-0.25, -0.2) is 4.79 Å². The van der Waals surface area contributed by atoms with Gasteiger partial charge in [0.25, 0.3) is 0 Å². The lowest BCUT2D eigenvalue weighted by Crippen LogP contribution is -2.24. The number of carboxylic acids is 1. The van der Waals surface area contributed by atoms with Crippen molar-refractivity contribution in [1.29, 1.82) is 0 Å². The molecule has 2 aromatic rings. The van der Waals surface area contributed by atoms with E-state index in [0.29, 0.717) is 26.2 Å². The second-order valence-corrected chi connectivity index (χ2v) is 5.65. The molecule has 0 amide bonds. The van der Waals surface area contributed by atoms with Gasteiger partial charge in [-0.2, -0.15) is 0 Å². The van der Waals surface area contributed by atoms with Gasteiger partial charge in [0, 0.05) is 20.0 Å². The number of rotatable bonds is 11. The zero-order chi connectivity index (χ0) is 17.9. The third-order valence-corrected chi connectivity index (χ3v) is 3.72. The summed E-state index contributed by atoms with van der Waals surface area (Å²) in [5.74, 6) is -0.200. The van der Waals surface area contributed by atoms with Crippen LogP contribution in [-0.2, 0) is 27.3 Å². The fourth-order valence-electron chi connectivity index (χ4n) is 2.32. The van der Waals surface area contributed by atoms with Gasteiger partial charge in [0.2, 0.25) is 0 Å². The monoisotopic (exact) mass is 344 g/mol. The maximum atomic E-state index is 11.0. The Morgan fingerprint density at radius 3 is 2.36 bits per heavy atom. The average Bonchev–Trinajstić information content (AvgIpc) is 2.64. The van der Waals surface area contributed by atoms with E-state index in [-0.39, 0.29) is 0 Å². The fourth-order valence-corrected chi connectivity index (χ4v) is 2.32. The minimum absolute atomic E-state index is 0.333. The highest BCUT2D eigenvalue weighted by atomic mass is 16.5. The normalized spacial score (nSPS) is 11.9. The predicted molar refractivity (Wildman–Crippen MR) is 94.8 cm³/mol. The Morgan fingerprint density at radius 1 is 1.00 bits per heavy atom. The van der Waals surface area contributed by atoms with Crippen molar-refractivity contribution in [3.8, 4) is 5.75 Å². The van der Waals surface area contributed by atoms with Gasteiger partial charge in [0.05, 0.1) is 19.8 Å². The van der Waals surface area contributed by atoms with Crippen molar-refractivity contribution in [2.45, 2.75) is 25.6 Å². The van der Waals surface area contributed by atoms with E-state index in [4.69, 9.17) is 19.3 Å². The molecule has 2 rings (SSSR count). The number of carbonyl (C=O) groups is 1. The van der Waals surface area contributed by atoms with Gasteiger partial charge in [0.15, 0.2) is 6.10 Å². The number of carboxylic acid groups (broad SMARTS) is 1. The lowest BCUT2D eigenvalue weighted by molar-refractivity contribution is -0.148. The summed E-state index contributed by atoms with van der Waals surface area (Å²) >= 11 is 0. The molecule has 2 aromatic carbocycles. The van der Waals surface area contributed by atoms with Crippen LogP contribution in [0.1, 0.15) is 17.5 Å². The molecule has 134 valence electrons. The van der Waals surface area contributed by atoms with Crippen LogP contribution < -0.4 is 4.74 Å². The van der Waals surface area contributed by atoms with Crippen molar-refractivity contribution in [3.05, 3.63) is 65.7 Å². The number of methoxy groups -OCH3 is 1. The van der Waals surface area contributed by atoms with Crippen molar-refractivity contribution in [1.82, 2.24) is 0 Å². The molecule has 0 fully saturated rings. The summed E-state index contributed by atoms with van der Waals surface area (Å²) in [5, 5.41) is 8.99. The Labute approximate surface area is 148 Å². The first-order valence-electron chi connectivity index (χ1n) is 8.28. The topological polar surface area (TPSA) is 65.0 Å². The Bertz CT molecular complexity index is 624. The fraction of sp³-hybridized carbons (Fsp3) is 0.350. The van der Waals surface area contributed by atoms with E-state index in [1.165, 1.54) is 7.11 Å². The third-order valence-electron chi connectivity index (χ3n) is 3.72. The lowest BCUT2D eigenvalue weighted by Gasteiger charge is -2.11. The summed E-state index contributed by atoms with van der Waals surface area (Å²) in [6, 6.07) is 17.5. The molecule has 0 aliphatic rings. The third kappa shape index (κ3) is 6.95. The number of aliphatic carboxylic acids is 1. The maximum absolute atomic E-state index is 11.0. The Hall–Kier alpha value is -2.37. The molecule has 0 aliphatic heterocycles. The quantitative estimate of drug-likeness (QED) is 0.634. The minimum Gasteiger partial charge on any atom is -0.494 e. The molecule has 0 bridgehead atoms. The summed E-state index contributed by atoms with van der Waals surface area (Å²) in [4.78, 5) is 11.0. The van der Waals surface area contributed by atoms with E-state index in [9.17, 15) is 4.79 Å². The zero-order valence-corrected chi connectivity index (χ0v) is 14.4. The summed E-state index contributed by atoms with van der Waals surface area (Å²) in [6.07, 6.45) is 0.312. The first-order chi connectivity index (χ1) is 12.2. The van der Waals surface area contributed by atoms with Crippen LogP contribution in [0.5, 0.6) is 5.75 Å². The highest BCUT2D eigenvalue weighted by molar-refractivity contribution is 5.72. The van der Waals surface area contributed by atoms with Gasteiger partial charge in [-0.15, -0.1) is 0 Å². The molecular formula is C20H24O5. The van der Waals surface area contributed by atoms with Crippen molar-refractivity contribution in [3.63, 3.8) is 0 Å². The predicted octanol–water partition coefficient (Wildman–Crippen LogP) is 3.31. The van der Waals surface area contributed by atoms with Gasteiger partial charge in [0.1, 0.15) is 5.75 Å². The maximum Gasteiger partial charge on any atom is 0.333 e. The average molecular weight is 344 g/mol. The Balaban J connectivity index is 1.63. The molecule has 0 saturated heterocycles. The molecular weight excluding hydrogens is 320 g/mol. The summed E-state index contributed by atoms with van der Waals surface area (Å²) in [6.45, 7) is 1.82. The lowest BCUT2D eigenvalue weighted by atomic mass is 10.1. The van der Waals surface area contributed by atoms with Gasteiger partial charge in [-0.05, 0) is 23.3 Å². The van der Waals surface area contributed by atoms with Crippen LogP contribution in [0.4, 0.5) is 0 Å². The largest absolute Gasteiger partial charge is 0.494 e. The van der Waals surface area contributed by atoms with Crippen LogP contribution in [-0.4, -0.2) is 37.5 Å². The van der Waals surface area contributed by atoms with Gasteiger partial charge < -0.3 is 19.3 Å². The Kier molecular flexibility index (Phi) is 7.95. The molecule has 0 unspecified atom stereocenters. The molecule has 1 N–H and O–H groups in total. The van der Waals surface area contributed by atoms with Crippen LogP contribution in [0.25, 0.3) is 0 Å². The zero-order valence-electron chi connectivity index (χ0n) is 14.4. The van der Waals surface area contributed by atoms with Crippen molar-refractivity contribution >= 4 is 5.97 Å². The van der Waals surface area contributed by atoms with Crippen LogP contribution in [0.15, 0.2) is 54.6 Å². The number of hydrogen-bond donors (Lipinski definition) is 1. The molecule has 0 heterocycles. The van der Waals surface area contributed by atoms with E-state index < -0.39 is 12.1 Å². The number of benzene rings is 2.